The number of nitrogens with zero attached hydrogens (tertiary/aromatic N) is 3. The number of nitrogens with one attached hydrogen (secondary N) is 1. The Morgan fingerprint density at radius 3 is 2.88 bits per heavy atom. The Morgan fingerprint density at radius 1 is 1.29 bits per heavy atom. The van der Waals surface area contributed by atoms with Crippen LogP contribution in [0.15, 0.2) is 48.7 Å². The smallest absolute Gasteiger partial charge is 0.255 e. The van der Waals surface area contributed by atoms with E-state index in [0.717, 1.165) is 41.6 Å². The average Bonchev–Trinajstić information content (AvgIpc) is 3.39. The molecule has 5 rings (SSSR count). The van der Waals surface area contributed by atoms with Gasteiger partial charge in [0, 0.05) is 41.2 Å². The van der Waals surface area contributed by atoms with Crippen molar-refractivity contribution >= 4 is 5.91 Å². The number of amides is 1. The van der Waals surface area contributed by atoms with Crippen LogP contribution in [-0.2, 0) is 19.4 Å². The second-order valence-corrected chi connectivity index (χ2v) is 9.86. The Hall–Kier alpha value is -3.45. The Labute approximate surface area is 199 Å². The molecule has 0 radical (unpaired) electrons. The monoisotopic (exact) mass is 458 g/mol. The van der Waals surface area contributed by atoms with E-state index in [-0.39, 0.29) is 24.0 Å². The quantitative estimate of drug-likeness (QED) is 0.539. The first-order chi connectivity index (χ1) is 16.4. The van der Waals surface area contributed by atoms with Crippen LogP contribution >= 0.6 is 0 Å². The van der Waals surface area contributed by atoms with Gasteiger partial charge in [0.25, 0.3) is 5.91 Å². The molecule has 0 saturated heterocycles. The minimum absolute atomic E-state index is 0.0317. The summed E-state index contributed by atoms with van der Waals surface area (Å²) in [6, 6.07) is 9.36. The van der Waals surface area contributed by atoms with Crippen molar-refractivity contribution < 1.29 is 14.6 Å². The molecule has 1 aliphatic carbocycles. The number of hydrogen-bond donors (Lipinski definition) is 2. The van der Waals surface area contributed by atoms with Gasteiger partial charge in [-0.3, -0.25) is 9.89 Å². The number of aromatic nitrogens is 3. The lowest BCUT2D eigenvalue weighted by molar-refractivity contribution is 0.0735. The van der Waals surface area contributed by atoms with Crippen LogP contribution in [-0.4, -0.2) is 44.8 Å². The van der Waals surface area contributed by atoms with Gasteiger partial charge in [0.05, 0.1) is 25.5 Å². The normalized spacial score (nSPS) is 17.6. The number of fused-ring (bicyclic) bond motifs is 2. The molecule has 2 N–H and O–H groups in total. The van der Waals surface area contributed by atoms with E-state index in [0.29, 0.717) is 18.0 Å². The van der Waals surface area contributed by atoms with Crippen LogP contribution in [0.3, 0.4) is 0 Å². The number of hydrogen-bond acceptors (Lipinski definition) is 5. The van der Waals surface area contributed by atoms with E-state index in [4.69, 9.17) is 4.74 Å². The van der Waals surface area contributed by atoms with E-state index in [9.17, 15) is 9.90 Å². The van der Waals surface area contributed by atoms with Crippen molar-refractivity contribution in [2.75, 3.05) is 13.7 Å². The van der Waals surface area contributed by atoms with Crippen LogP contribution in [0.4, 0.5) is 0 Å². The average molecular weight is 459 g/mol. The van der Waals surface area contributed by atoms with Crippen LogP contribution in [0.1, 0.15) is 59.1 Å². The molecule has 7 nitrogen and oxygen atoms in total. The summed E-state index contributed by atoms with van der Waals surface area (Å²) < 4.78 is 5.17. The third-order valence-corrected chi connectivity index (χ3v) is 6.94. The molecule has 3 heterocycles. The molecule has 0 saturated carbocycles. The van der Waals surface area contributed by atoms with Gasteiger partial charge in [-0.2, -0.15) is 5.10 Å². The van der Waals surface area contributed by atoms with Crippen molar-refractivity contribution in [3.8, 4) is 17.1 Å². The first kappa shape index (κ1) is 22.3. The van der Waals surface area contributed by atoms with Crippen molar-refractivity contribution in [2.24, 2.45) is 5.41 Å². The maximum absolute atomic E-state index is 13.4. The molecule has 0 bridgehead atoms. The fourth-order valence-electron chi connectivity index (χ4n) is 5.07. The molecule has 3 aromatic rings. The van der Waals surface area contributed by atoms with Crippen LogP contribution in [0, 0.1) is 5.41 Å². The Kier molecular flexibility index (Phi) is 5.73. The van der Waals surface area contributed by atoms with E-state index >= 15 is 0 Å². The zero-order chi connectivity index (χ0) is 23.9. The molecule has 1 aromatic carbocycles. The summed E-state index contributed by atoms with van der Waals surface area (Å²) in [6.07, 6.45) is 8.37. The number of pyridine rings is 1. The fourth-order valence-corrected chi connectivity index (χ4v) is 5.07. The zero-order valence-corrected chi connectivity index (χ0v) is 19.8. The first-order valence-electron chi connectivity index (χ1n) is 11.7. The number of aliphatic hydroxyl groups is 1. The molecule has 2 aromatic heterocycles. The lowest BCUT2D eigenvalue weighted by Crippen LogP contribution is -2.28. The van der Waals surface area contributed by atoms with E-state index in [1.54, 1.807) is 25.4 Å². The Bertz CT molecular complexity index is 1240. The maximum atomic E-state index is 13.4. The molecule has 2 aliphatic rings. The van der Waals surface area contributed by atoms with Gasteiger partial charge >= 0.3 is 0 Å². The van der Waals surface area contributed by atoms with Gasteiger partial charge in [0.1, 0.15) is 0 Å². The van der Waals surface area contributed by atoms with Gasteiger partial charge in [-0.15, -0.1) is 0 Å². The molecule has 0 spiro atoms. The molecular formula is C27H30N4O3. The number of aliphatic hydroxyl groups excluding tert-OH is 1. The third kappa shape index (κ3) is 4.01. The van der Waals surface area contributed by atoms with Crippen molar-refractivity contribution in [3.63, 3.8) is 0 Å². The predicted octanol–water partition coefficient (Wildman–Crippen LogP) is 4.24. The van der Waals surface area contributed by atoms with Gasteiger partial charge in [-0.05, 0) is 54.0 Å². The highest BCUT2D eigenvalue weighted by Gasteiger charge is 2.34. The molecule has 1 atom stereocenters. The summed E-state index contributed by atoms with van der Waals surface area (Å²) in [5.74, 6) is 0.482. The molecular weight excluding hydrogens is 428 g/mol. The SMILES string of the molecule is COc1ccc([C@@H](/C=C/CO)N2Cc3cc(-c4n[nH]c5c4CCC(C)(C)C5)ccc3C2=O)cn1. The summed E-state index contributed by atoms with van der Waals surface area (Å²) in [6.45, 7) is 4.98. The predicted molar refractivity (Wildman–Crippen MR) is 129 cm³/mol. The third-order valence-electron chi connectivity index (χ3n) is 6.94. The number of aromatic amines is 1. The van der Waals surface area contributed by atoms with Gasteiger partial charge in [0.15, 0.2) is 0 Å². The number of carbonyl (C=O) groups is 1. The topological polar surface area (TPSA) is 91.3 Å². The Morgan fingerprint density at radius 2 is 2.15 bits per heavy atom. The second-order valence-electron chi connectivity index (χ2n) is 9.86. The lowest BCUT2D eigenvalue weighted by atomic mass is 9.76. The highest BCUT2D eigenvalue weighted by molar-refractivity contribution is 5.99. The summed E-state index contributed by atoms with van der Waals surface area (Å²) in [5, 5.41) is 17.3. The second kappa shape index (κ2) is 8.72. The molecule has 34 heavy (non-hydrogen) atoms. The van der Waals surface area contributed by atoms with Gasteiger partial charge in [-0.1, -0.05) is 32.1 Å². The largest absolute Gasteiger partial charge is 0.481 e. The number of rotatable bonds is 6. The fraction of sp³-hybridized carbons (Fsp3) is 0.370. The van der Waals surface area contributed by atoms with Crippen LogP contribution in [0.5, 0.6) is 5.88 Å². The number of benzene rings is 1. The number of methoxy groups -OCH3 is 1. The Balaban J connectivity index is 1.45. The van der Waals surface area contributed by atoms with Crippen LogP contribution < -0.4 is 4.74 Å². The number of carbonyl (C=O) groups excluding carboxylic acids is 1. The first-order valence-corrected chi connectivity index (χ1v) is 11.7. The molecule has 7 heteroatoms. The number of H-pyrrole nitrogens is 1. The highest BCUT2D eigenvalue weighted by Crippen LogP contribution is 2.39. The van der Waals surface area contributed by atoms with E-state index in [1.165, 1.54) is 11.3 Å². The minimum atomic E-state index is -0.339. The summed E-state index contributed by atoms with van der Waals surface area (Å²) in [5.41, 5.74) is 7.40. The van der Waals surface area contributed by atoms with E-state index in [2.05, 4.69) is 35.1 Å². The van der Waals surface area contributed by atoms with Crippen LogP contribution in [0.25, 0.3) is 11.3 Å². The van der Waals surface area contributed by atoms with Crippen LogP contribution in [0.2, 0.25) is 0 Å². The lowest BCUT2D eigenvalue weighted by Gasteiger charge is -2.29. The van der Waals surface area contributed by atoms with Gasteiger partial charge in [0.2, 0.25) is 5.88 Å². The summed E-state index contributed by atoms with van der Waals surface area (Å²) in [7, 11) is 1.57. The van der Waals surface area contributed by atoms with Gasteiger partial charge < -0.3 is 14.7 Å². The van der Waals surface area contributed by atoms with Crippen molar-refractivity contribution in [2.45, 2.75) is 45.7 Å². The number of ether oxygens (including phenoxy) is 1. The minimum Gasteiger partial charge on any atom is -0.481 e. The van der Waals surface area contributed by atoms with E-state index < -0.39 is 0 Å². The highest BCUT2D eigenvalue weighted by atomic mass is 16.5. The molecule has 0 fully saturated rings. The van der Waals surface area contributed by atoms with Gasteiger partial charge in [-0.25, -0.2) is 4.98 Å². The molecule has 0 unspecified atom stereocenters. The van der Waals surface area contributed by atoms with Crippen molar-refractivity contribution in [1.82, 2.24) is 20.1 Å². The maximum Gasteiger partial charge on any atom is 0.255 e. The standard InChI is InChI=1S/C27H30N4O3/c1-27(2)11-10-21-22(14-27)29-30-25(21)17-6-8-20-19(13-17)16-31(26(20)33)23(5-4-12-32)18-7-9-24(34-3)28-15-18/h4-9,13,15,23,32H,10-12,14,16H2,1-3H3,(H,29,30)/b5-4+/t23-/m1/s1. The van der Waals surface area contributed by atoms with Crippen molar-refractivity contribution in [1.29, 1.82) is 0 Å². The molecule has 1 amide bonds. The van der Waals surface area contributed by atoms with Crippen molar-refractivity contribution in [3.05, 3.63) is 76.6 Å². The zero-order valence-electron chi connectivity index (χ0n) is 19.8. The summed E-state index contributed by atoms with van der Waals surface area (Å²) in [4.78, 5) is 19.5. The molecule has 176 valence electrons. The van der Waals surface area contributed by atoms with E-state index in [1.807, 2.05) is 29.2 Å². The molecule has 1 aliphatic heterocycles. The summed E-state index contributed by atoms with van der Waals surface area (Å²) >= 11 is 0.